The molecule has 4 heteroatoms. The average molecular weight is 268 g/mol. The van der Waals surface area contributed by atoms with Gasteiger partial charge in [0.1, 0.15) is 0 Å². The summed E-state index contributed by atoms with van der Waals surface area (Å²) in [5.74, 6) is 0.809. The number of nitrogens with zero attached hydrogens (tertiary/aromatic N) is 4. The molecule has 20 heavy (non-hydrogen) atoms. The van der Waals surface area contributed by atoms with Crippen LogP contribution in [0.15, 0.2) is 30.7 Å². The number of fused-ring (bicyclic) bond motifs is 1. The second-order valence-corrected chi connectivity index (χ2v) is 5.28. The van der Waals surface area contributed by atoms with Gasteiger partial charge in [-0.2, -0.15) is 0 Å². The third kappa shape index (κ3) is 2.85. The van der Waals surface area contributed by atoms with Crippen molar-refractivity contribution in [1.29, 1.82) is 0 Å². The van der Waals surface area contributed by atoms with Crippen LogP contribution in [0.3, 0.4) is 0 Å². The maximum atomic E-state index is 4.76. The zero-order valence-corrected chi connectivity index (χ0v) is 11.9. The number of pyridine rings is 1. The first-order valence-corrected chi connectivity index (χ1v) is 7.34. The summed E-state index contributed by atoms with van der Waals surface area (Å²) in [6, 6.07) is 3.92. The number of hydrogen-bond acceptors (Lipinski definition) is 4. The van der Waals surface area contributed by atoms with Crippen LogP contribution in [0.4, 0.5) is 0 Å². The zero-order chi connectivity index (χ0) is 13.8. The SMILES string of the molecule is CCCCN1CCc2cnc(-c3ccncc3)nc2C1. The fraction of sp³-hybridized carbons (Fsp3) is 0.438. The zero-order valence-electron chi connectivity index (χ0n) is 11.9. The van der Waals surface area contributed by atoms with Crippen molar-refractivity contribution in [3.8, 4) is 11.4 Å². The lowest BCUT2D eigenvalue weighted by Crippen LogP contribution is -2.32. The molecule has 0 N–H and O–H groups in total. The molecule has 2 aromatic rings. The summed E-state index contributed by atoms with van der Waals surface area (Å²) in [4.78, 5) is 15.8. The predicted molar refractivity (Wildman–Crippen MR) is 79.2 cm³/mol. The maximum Gasteiger partial charge on any atom is 0.159 e. The molecule has 1 aliphatic rings. The van der Waals surface area contributed by atoms with E-state index in [2.05, 4.69) is 21.8 Å². The first-order chi connectivity index (χ1) is 9.86. The lowest BCUT2D eigenvalue weighted by molar-refractivity contribution is 0.246. The first-order valence-electron chi connectivity index (χ1n) is 7.34. The van der Waals surface area contributed by atoms with Crippen molar-refractivity contribution in [2.45, 2.75) is 32.7 Å². The van der Waals surface area contributed by atoms with Gasteiger partial charge in [0.25, 0.3) is 0 Å². The minimum Gasteiger partial charge on any atom is -0.297 e. The Bertz CT molecular complexity index is 568. The van der Waals surface area contributed by atoms with Crippen LogP contribution >= 0.6 is 0 Å². The molecular weight excluding hydrogens is 248 g/mol. The molecule has 0 unspecified atom stereocenters. The van der Waals surface area contributed by atoms with E-state index in [1.165, 1.54) is 30.6 Å². The standard InChI is InChI=1S/C16H20N4/c1-2-3-9-20-10-6-14-11-18-16(19-15(14)12-20)13-4-7-17-8-5-13/h4-5,7-8,11H,2-3,6,9-10,12H2,1H3. The second kappa shape index (κ2) is 6.09. The molecule has 0 saturated heterocycles. The van der Waals surface area contributed by atoms with Crippen LogP contribution in [0.1, 0.15) is 31.0 Å². The molecule has 0 amide bonds. The summed E-state index contributed by atoms with van der Waals surface area (Å²) < 4.78 is 0. The van der Waals surface area contributed by atoms with Crippen LogP contribution < -0.4 is 0 Å². The lowest BCUT2D eigenvalue weighted by Gasteiger charge is -2.27. The van der Waals surface area contributed by atoms with E-state index in [-0.39, 0.29) is 0 Å². The highest BCUT2D eigenvalue weighted by atomic mass is 15.1. The van der Waals surface area contributed by atoms with Crippen LogP contribution in [0, 0.1) is 0 Å². The van der Waals surface area contributed by atoms with E-state index >= 15 is 0 Å². The number of hydrogen-bond donors (Lipinski definition) is 0. The van der Waals surface area contributed by atoms with Gasteiger partial charge in [-0.1, -0.05) is 13.3 Å². The minimum absolute atomic E-state index is 0.809. The van der Waals surface area contributed by atoms with Crippen molar-refractivity contribution < 1.29 is 0 Å². The maximum absolute atomic E-state index is 4.76. The Morgan fingerprint density at radius 1 is 1.25 bits per heavy atom. The first kappa shape index (κ1) is 13.2. The largest absolute Gasteiger partial charge is 0.297 e. The third-order valence-electron chi connectivity index (χ3n) is 3.79. The smallest absolute Gasteiger partial charge is 0.159 e. The summed E-state index contributed by atoms with van der Waals surface area (Å²) in [6.07, 6.45) is 9.13. The van der Waals surface area contributed by atoms with Crippen LogP contribution in [-0.4, -0.2) is 32.9 Å². The fourth-order valence-electron chi connectivity index (χ4n) is 2.57. The molecule has 2 aromatic heterocycles. The molecule has 3 heterocycles. The Kier molecular flexibility index (Phi) is 4.02. The van der Waals surface area contributed by atoms with Gasteiger partial charge in [-0.3, -0.25) is 9.88 Å². The van der Waals surface area contributed by atoms with Gasteiger partial charge >= 0.3 is 0 Å². The van der Waals surface area contributed by atoms with Gasteiger partial charge in [0.05, 0.1) is 5.69 Å². The van der Waals surface area contributed by atoms with Crippen molar-refractivity contribution >= 4 is 0 Å². The van der Waals surface area contributed by atoms with Crippen molar-refractivity contribution in [2.75, 3.05) is 13.1 Å². The quantitative estimate of drug-likeness (QED) is 0.855. The molecule has 0 saturated carbocycles. The average Bonchev–Trinajstić information content (AvgIpc) is 2.53. The number of rotatable bonds is 4. The molecule has 0 radical (unpaired) electrons. The molecule has 4 nitrogen and oxygen atoms in total. The van der Waals surface area contributed by atoms with Gasteiger partial charge in [-0.05, 0) is 37.1 Å². The molecule has 0 spiro atoms. The summed E-state index contributed by atoms with van der Waals surface area (Å²) in [6.45, 7) is 5.49. The third-order valence-corrected chi connectivity index (χ3v) is 3.79. The molecule has 0 atom stereocenters. The highest BCUT2D eigenvalue weighted by Crippen LogP contribution is 2.20. The highest BCUT2D eigenvalue weighted by molar-refractivity contribution is 5.53. The Morgan fingerprint density at radius 2 is 2.10 bits per heavy atom. The van der Waals surface area contributed by atoms with E-state index in [9.17, 15) is 0 Å². The molecule has 0 aliphatic carbocycles. The minimum atomic E-state index is 0.809. The van der Waals surface area contributed by atoms with Gasteiger partial charge in [0.2, 0.25) is 0 Å². The predicted octanol–water partition coefficient (Wildman–Crippen LogP) is 2.70. The van der Waals surface area contributed by atoms with Crippen LogP contribution in [0.5, 0.6) is 0 Å². The van der Waals surface area contributed by atoms with Crippen molar-refractivity contribution in [3.05, 3.63) is 42.0 Å². The normalized spacial score (nSPS) is 15.1. The monoisotopic (exact) mass is 268 g/mol. The summed E-state index contributed by atoms with van der Waals surface area (Å²) in [7, 11) is 0. The van der Waals surface area contributed by atoms with Crippen LogP contribution in [-0.2, 0) is 13.0 Å². The lowest BCUT2D eigenvalue weighted by atomic mass is 10.1. The topological polar surface area (TPSA) is 41.9 Å². The molecule has 3 rings (SSSR count). The molecule has 0 fully saturated rings. The Morgan fingerprint density at radius 3 is 2.90 bits per heavy atom. The van der Waals surface area contributed by atoms with Crippen molar-refractivity contribution in [1.82, 2.24) is 19.9 Å². The van der Waals surface area contributed by atoms with E-state index in [0.717, 1.165) is 30.9 Å². The van der Waals surface area contributed by atoms with E-state index in [4.69, 9.17) is 4.98 Å². The highest BCUT2D eigenvalue weighted by Gasteiger charge is 2.18. The summed E-state index contributed by atoms with van der Waals surface area (Å²) in [5.41, 5.74) is 3.53. The van der Waals surface area contributed by atoms with E-state index in [1.54, 1.807) is 12.4 Å². The van der Waals surface area contributed by atoms with Gasteiger partial charge < -0.3 is 0 Å². The number of unbranched alkanes of at least 4 members (excludes halogenated alkanes) is 1. The van der Waals surface area contributed by atoms with Gasteiger partial charge in [0, 0.05) is 37.2 Å². The molecule has 0 aromatic carbocycles. The molecule has 1 aliphatic heterocycles. The van der Waals surface area contributed by atoms with E-state index in [0.29, 0.717) is 0 Å². The summed E-state index contributed by atoms with van der Waals surface area (Å²) in [5, 5.41) is 0. The Balaban J connectivity index is 1.82. The van der Waals surface area contributed by atoms with Crippen LogP contribution in [0.2, 0.25) is 0 Å². The van der Waals surface area contributed by atoms with Gasteiger partial charge in [-0.15, -0.1) is 0 Å². The van der Waals surface area contributed by atoms with E-state index < -0.39 is 0 Å². The van der Waals surface area contributed by atoms with Gasteiger partial charge in [-0.25, -0.2) is 9.97 Å². The molecular formula is C16H20N4. The van der Waals surface area contributed by atoms with Crippen molar-refractivity contribution in [2.24, 2.45) is 0 Å². The van der Waals surface area contributed by atoms with Gasteiger partial charge in [0.15, 0.2) is 5.82 Å². The van der Waals surface area contributed by atoms with Crippen molar-refractivity contribution in [3.63, 3.8) is 0 Å². The van der Waals surface area contributed by atoms with E-state index in [1.807, 2.05) is 18.3 Å². The Labute approximate surface area is 119 Å². The summed E-state index contributed by atoms with van der Waals surface area (Å²) >= 11 is 0. The second-order valence-electron chi connectivity index (χ2n) is 5.28. The van der Waals surface area contributed by atoms with Crippen LogP contribution in [0.25, 0.3) is 11.4 Å². The Hall–Kier alpha value is -1.81. The number of aromatic nitrogens is 3. The molecule has 0 bridgehead atoms. The molecule has 104 valence electrons. The fourth-order valence-corrected chi connectivity index (χ4v) is 2.57.